The molecular formula is C16H11Br2FN4O. The van der Waals surface area contributed by atoms with Crippen molar-refractivity contribution in [1.82, 2.24) is 14.8 Å². The van der Waals surface area contributed by atoms with Gasteiger partial charge in [0, 0.05) is 22.6 Å². The highest BCUT2D eigenvalue weighted by atomic mass is 79.9. The molecule has 0 saturated heterocycles. The van der Waals surface area contributed by atoms with E-state index in [0.29, 0.717) is 27.2 Å². The quantitative estimate of drug-likeness (QED) is 0.601. The number of nitrogens with zero attached hydrogens (tertiary/aromatic N) is 3. The van der Waals surface area contributed by atoms with Crippen LogP contribution in [0, 0.1) is 12.7 Å². The van der Waals surface area contributed by atoms with Crippen molar-refractivity contribution in [3.05, 3.63) is 72.9 Å². The van der Waals surface area contributed by atoms with Gasteiger partial charge < -0.3 is 0 Å². The first-order chi connectivity index (χ1) is 11.5. The highest BCUT2D eigenvalue weighted by molar-refractivity contribution is 9.11. The Balaban J connectivity index is 1.99. The minimum Gasteiger partial charge on any atom is -0.295 e. The Morgan fingerprint density at radius 2 is 2.00 bits per heavy atom. The summed E-state index contributed by atoms with van der Waals surface area (Å²) >= 11 is 6.69. The van der Waals surface area contributed by atoms with Crippen LogP contribution in [0.4, 0.5) is 10.2 Å². The van der Waals surface area contributed by atoms with Gasteiger partial charge in [-0.15, -0.1) is 0 Å². The SMILES string of the molecule is Cc1[nH]n(-c2ccc(F)cc2)c(=O)c1/C=N/c1ncc(Br)cc1Br. The highest BCUT2D eigenvalue weighted by Crippen LogP contribution is 2.25. The molecular weight excluding hydrogens is 443 g/mol. The minimum atomic E-state index is -0.358. The number of nitrogens with one attached hydrogen (secondary N) is 1. The summed E-state index contributed by atoms with van der Waals surface area (Å²) in [5, 5.41) is 2.96. The van der Waals surface area contributed by atoms with Crippen LogP contribution in [0.2, 0.25) is 0 Å². The molecule has 1 aromatic carbocycles. The van der Waals surface area contributed by atoms with E-state index in [0.717, 1.165) is 4.47 Å². The summed E-state index contributed by atoms with van der Waals surface area (Å²) in [5.74, 6) is 0.106. The summed E-state index contributed by atoms with van der Waals surface area (Å²) in [4.78, 5) is 21.0. The molecule has 3 aromatic rings. The number of aromatic nitrogens is 3. The molecule has 2 aromatic heterocycles. The first-order valence-electron chi connectivity index (χ1n) is 6.88. The van der Waals surface area contributed by atoms with Gasteiger partial charge in [-0.3, -0.25) is 9.89 Å². The summed E-state index contributed by atoms with van der Waals surface area (Å²) in [6.07, 6.45) is 3.09. The largest absolute Gasteiger partial charge is 0.295 e. The molecule has 0 fully saturated rings. The second-order valence-electron chi connectivity index (χ2n) is 4.98. The van der Waals surface area contributed by atoms with E-state index < -0.39 is 0 Å². The van der Waals surface area contributed by atoms with E-state index in [-0.39, 0.29) is 11.4 Å². The van der Waals surface area contributed by atoms with Crippen molar-refractivity contribution >= 4 is 43.9 Å². The van der Waals surface area contributed by atoms with E-state index >= 15 is 0 Å². The number of aryl methyl sites for hydroxylation is 1. The van der Waals surface area contributed by atoms with Crippen LogP contribution in [0.15, 0.2) is 55.3 Å². The summed E-state index contributed by atoms with van der Waals surface area (Å²) in [5.41, 5.74) is 1.35. The lowest BCUT2D eigenvalue weighted by atomic mass is 10.3. The fourth-order valence-corrected chi connectivity index (χ4v) is 3.20. The predicted octanol–water partition coefficient (Wildman–Crippen LogP) is 4.28. The lowest BCUT2D eigenvalue weighted by Crippen LogP contribution is -2.17. The molecule has 3 rings (SSSR count). The van der Waals surface area contributed by atoms with Crippen LogP contribution in [0.1, 0.15) is 11.3 Å². The molecule has 122 valence electrons. The Hall–Kier alpha value is -2.06. The Labute approximate surface area is 153 Å². The van der Waals surface area contributed by atoms with Gasteiger partial charge in [-0.25, -0.2) is 19.0 Å². The molecule has 0 amide bonds. The molecule has 24 heavy (non-hydrogen) atoms. The third-order valence-corrected chi connectivity index (χ3v) is 4.32. The molecule has 0 aliphatic carbocycles. The van der Waals surface area contributed by atoms with Gasteiger partial charge in [-0.2, -0.15) is 0 Å². The van der Waals surface area contributed by atoms with Gasteiger partial charge in [0.25, 0.3) is 5.56 Å². The van der Waals surface area contributed by atoms with E-state index in [1.807, 2.05) is 6.07 Å². The fraction of sp³-hybridized carbons (Fsp3) is 0.0625. The lowest BCUT2D eigenvalue weighted by Gasteiger charge is -2.00. The van der Waals surface area contributed by atoms with Gasteiger partial charge in [0.2, 0.25) is 0 Å². The van der Waals surface area contributed by atoms with Crippen LogP contribution < -0.4 is 5.56 Å². The third-order valence-electron chi connectivity index (χ3n) is 3.31. The first-order valence-corrected chi connectivity index (χ1v) is 8.47. The number of rotatable bonds is 3. The van der Waals surface area contributed by atoms with Crippen molar-refractivity contribution in [3.8, 4) is 5.69 Å². The zero-order valence-corrected chi connectivity index (χ0v) is 15.6. The number of H-pyrrole nitrogens is 1. The maximum Gasteiger partial charge on any atom is 0.280 e. The normalized spacial score (nSPS) is 11.3. The molecule has 0 bridgehead atoms. The van der Waals surface area contributed by atoms with Crippen molar-refractivity contribution in [2.45, 2.75) is 6.92 Å². The number of hydrogen-bond acceptors (Lipinski definition) is 3. The molecule has 0 saturated carbocycles. The molecule has 1 N–H and O–H groups in total. The van der Waals surface area contributed by atoms with E-state index in [1.165, 1.54) is 35.2 Å². The molecule has 2 heterocycles. The number of benzene rings is 1. The number of halogens is 3. The van der Waals surface area contributed by atoms with Crippen LogP contribution in [0.25, 0.3) is 5.69 Å². The highest BCUT2D eigenvalue weighted by Gasteiger charge is 2.11. The van der Waals surface area contributed by atoms with Crippen LogP contribution in [-0.2, 0) is 0 Å². The van der Waals surface area contributed by atoms with Crippen molar-refractivity contribution < 1.29 is 4.39 Å². The van der Waals surface area contributed by atoms with Gasteiger partial charge in [-0.1, -0.05) is 0 Å². The van der Waals surface area contributed by atoms with E-state index in [2.05, 4.69) is 46.9 Å². The lowest BCUT2D eigenvalue weighted by molar-refractivity contribution is 0.627. The Morgan fingerprint density at radius 3 is 2.67 bits per heavy atom. The first kappa shape index (κ1) is 16.8. The Kier molecular flexibility index (Phi) is 4.77. The van der Waals surface area contributed by atoms with Gasteiger partial charge in [-0.05, 0) is 69.1 Å². The molecule has 0 radical (unpaired) electrons. The second kappa shape index (κ2) is 6.82. The van der Waals surface area contributed by atoms with Crippen LogP contribution in [-0.4, -0.2) is 21.0 Å². The summed E-state index contributed by atoms with van der Waals surface area (Å²) in [7, 11) is 0. The van der Waals surface area contributed by atoms with Crippen LogP contribution in [0.3, 0.4) is 0 Å². The van der Waals surface area contributed by atoms with Crippen molar-refractivity contribution in [2.24, 2.45) is 4.99 Å². The minimum absolute atomic E-state index is 0.268. The molecule has 0 unspecified atom stereocenters. The average Bonchev–Trinajstić information content (AvgIpc) is 2.82. The number of hydrogen-bond donors (Lipinski definition) is 1. The van der Waals surface area contributed by atoms with E-state index in [1.54, 1.807) is 13.1 Å². The predicted molar refractivity (Wildman–Crippen MR) is 98.0 cm³/mol. The zero-order valence-electron chi connectivity index (χ0n) is 12.4. The van der Waals surface area contributed by atoms with Crippen molar-refractivity contribution in [1.29, 1.82) is 0 Å². The zero-order chi connectivity index (χ0) is 17.3. The fourth-order valence-electron chi connectivity index (χ4n) is 2.11. The van der Waals surface area contributed by atoms with Gasteiger partial charge in [0.15, 0.2) is 5.82 Å². The number of aliphatic imine (C=N–C) groups is 1. The average molecular weight is 454 g/mol. The van der Waals surface area contributed by atoms with Crippen LogP contribution >= 0.6 is 31.9 Å². The van der Waals surface area contributed by atoms with Gasteiger partial charge >= 0.3 is 0 Å². The smallest absolute Gasteiger partial charge is 0.280 e. The summed E-state index contributed by atoms with van der Waals surface area (Å²) in [6.45, 7) is 1.77. The molecule has 0 aliphatic heterocycles. The number of pyridine rings is 1. The number of aromatic amines is 1. The third kappa shape index (κ3) is 3.39. The van der Waals surface area contributed by atoms with E-state index in [9.17, 15) is 9.18 Å². The Bertz CT molecular complexity index is 977. The molecule has 0 atom stereocenters. The molecule has 0 spiro atoms. The molecule has 8 heteroatoms. The van der Waals surface area contributed by atoms with Crippen LogP contribution in [0.5, 0.6) is 0 Å². The van der Waals surface area contributed by atoms with Gasteiger partial charge in [0.1, 0.15) is 5.82 Å². The standard InChI is InChI=1S/C16H11Br2FN4O/c1-9-13(8-21-15-14(18)6-10(17)7-20-15)16(24)23(22-9)12-4-2-11(19)3-5-12/h2-8,22H,1H3/b21-8+. The van der Waals surface area contributed by atoms with Crippen molar-refractivity contribution in [2.75, 3.05) is 0 Å². The van der Waals surface area contributed by atoms with Gasteiger partial charge in [0.05, 0.1) is 15.7 Å². The second-order valence-corrected chi connectivity index (χ2v) is 6.75. The maximum atomic E-state index is 13.0. The summed E-state index contributed by atoms with van der Waals surface area (Å²) < 4.78 is 15.9. The molecule has 5 nitrogen and oxygen atoms in total. The maximum absolute atomic E-state index is 13.0. The van der Waals surface area contributed by atoms with E-state index in [4.69, 9.17) is 0 Å². The Morgan fingerprint density at radius 1 is 1.29 bits per heavy atom. The van der Waals surface area contributed by atoms with Crippen molar-refractivity contribution in [3.63, 3.8) is 0 Å². The monoisotopic (exact) mass is 452 g/mol. The topological polar surface area (TPSA) is 63.0 Å². The summed E-state index contributed by atoms with van der Waals surface area (Å²) in [6, 6.07) is 7.48. The molecule has 0 aliphatic rings.